The lowest BCUT2D eigenvalue weighted by Crippen LogP contribution is -2.60. The highest BCUT2D eigenvalue weighted by Crippen LogP contribution is 2.16. The van der Waals surface area contributed by atoms with Crippen LogP contribution in [-0.4, -0.2) is 53.5 Å². The van der Waals surface area contributed by atoms with Gasteiger partial charge in [-0.3, -0.25) is 14.7 Å². The van der Waals surface area contributed by atoms with Gasteiger partial charge in [-0.1, -0.05) is 36.4 Å². The number of carbonyl (C=O) groups excluding carboxylic acids is 1. The molecule has 24 heavy (non-hydrogen) atoms. The van der Waals surface area contributed by atoms with Gasteiger partial charge in [0.2, 0.25) is 5.91 Å². The van der Waals surface area contributed by atoms with Crippen molar-refractivity contribution in [2.75, 3.05) is 26.7 Å². The van der Waals surface area contributed by atoms with E-state index >= 15 is 0 Å². The first-order valence-electron chi connectivity index (χ1n) is 8.21. The Balaban J connectivity index is 1.35. The van der Waals surface area contributed by atoms with E-state index in [9.17, 15) is 4.79 Å². The molecule has 5 nitrogen and oxygen atoms in total. The van der Waals surface area contributed by atoms with Crippen molar-refractivity contribution in [3.05, 3.63) is 66.0 Å². The number of aromatic nitrogens is 1. The van der Waals surface area contributed by atoms with Gasteiger partial charge in [0.15, 0.2) is 0 Å². The van der Waals surface area contributed by atoms with Gasteiger partial charge in [-0.05, 0) is 24.2 Å². The van der Waals surface area contributed by atoms with E-state index in [0.717, 1.165) is 25.2 Å². The van der Waals surface area contributed by atoms with Gasteiger partial charge in [-0.2, -0.15) is 0 Å². The number of pyridine rings is 1. The molecular formula is C19H23N3O2. The number of ether oxygens (including phenoxy) is 1. The van der Waals surface area contributed by atoms with Crippen molar-refractivity contribution < 1.29 is 9.53 Å². The van der Waals surface area contributed by atoms with E-state index in [0.29, 0.717) is 12.6 Å². The summed E-state index contributed by atoms with van der Waals surface area (Å²) >= 11 is 0. The molecule has 0 spiro atoms. The van der Waals surface area contributed by atoms with E-state index in [1.54, 1.807) is 6.20 Å². The molecule has 0 unspecified atom stereocenters. The molecule has 1 aromatic carbocycles. The average molecular weight is 325 g/mol. The van der Waals surface area contributed by atoms with Crippen LogP contribution in [0.2, 0.25) is 0 Å². The summed E-state index contributed by atoms with van der Waals surface area (Å²) in [5, 5.41) is 0. The fourth-order valence-corrected chi connectivity index (χ4v) is 2.77. The number of nitrogens with zero attached hydrogens (tertiary/aromatic N) is 3. The number of benzene rings is 1. The van der Waals surface area contributed by atoms with E-state index in [1.165, 1.54) is 5.56 Å². The summed E-state index contributed by atoms with van der Waals surface area (Å²) in [4.78, 5) is 20.4. The minimum atomic E-state index is 0.0666. The van der Waals surface area contributed by atoms with E-state index in [4.69, 9.17) is 4.74 Å². The number of likely N-dealkylation sites (tertiary alicyclic amines) is 1. The second-order valence-electron chi connectivity index (χ2n) is 6.21. The van der Waals surface area contributed by atoms with Gasteiger partial charge in [0.05, 0.1) is 6.61 Å². The van der Waals surface area contributed by atoms with E-state index < -0.39 is 0 Å². The average Bonchev–Trinajstić information content (AvgIpc) is 2.55. The van der Waals surface area contributed by atoms with Gasteiger partial charge < -0.3 is 9.64 Å². The monoisotopic (exact) mass is 325 g/mol. The second kappa shape index (κ2) is 8.04. The summed E-state index contributed by atoms with van der Waals surface area (Å²) in [6.07, 6.45) is 3.66. The summed E-state index contributed by atoms with van der Waals surface area (Å²) in [5.74, 6) is 0.0666. The zero-order chi connectivity index (χ0) is 16.8. The third-order valence-corrected chi connectivity index (χ3v) is 4.33. The number of hydrogen-bond acceptors (Lipinski definition) is 4. The van der Waals surface area contributed by atoms with E-state index in [1.807, 2.05) is 47.5 Å². The molecule has 1 aliphatic rings. The fraction of sp³-hybridized carbons (Fsp3) is 0.368. The highest BCUT2D eigenvalue weighted by atomic mass is 16.5. The molecule has 0 bridgehead atoms. The first-order valence-corrected chi connectivity index (χ1v) is 8.21. The van der Waals surface area contributed by atoms with Crippen molar-refractivity contribution in [1.82, 2.24) is 14.8 Å². The highest BCUT2D eigenvalue weighted by Gasteiger charge is 2.33. The SMILES string of the molecule is CN(Cc1cccnc1)C1CN(C(=O)COCc2ccccc2)C1. The molecule has 2 aromatic rings. The smallest absolute Gasteiger partial charge is 0.248 e. The molecule has 126 valence electrons. The van der Waals surface area contributed by atoms with Crippen molar-refractivity contribution in [1.29, 1.82) is 0 Å². The Morgan fingerprint density at radius 1 is 1.21 bits per heavy atom. The summed E-state index contributed by atoms with van der Waals surface area (Å²) < 4.78 is 5.52. The van der Waals surface area contributed by atoms with Crippen molar-refractivity contribution >= 4 is 5.91 Å². The summed E-state index contributed by atoms with van der Waals surface area (Å²) in [6, 6.07) is 14.3. The van der Waals surface area contributed by atoms with Gasteiger partial charge in [0.25, 0.3) is 0 Å². The third-order valence-electron chi connectivity index (χ3n) is 4.33. The van der Waals surface area contributed by atoms with Crippen LogP contribution in [-0.2, 0) is 22.7 Å². The Hall–Kier alpha value is -2.24. The Bertz CT molecular complexity index is 642. The number of likely N-dealkylation sites (N-methyl/N-ethyl adjacent to an activating group) is 1. The molecule has 1 amide bonds. The second-order valence-corrected chi connectivity index (χ2v) is 6.21. The molecule has 1 fully saturated rings. The van der Waals surface area contributed by atoms with Crippen LogP contribution in [0.1, 0.15) is 11.1 Å². The Labute approximate surface area is 142 Å². The molecule has 0 radical (unpaired) electrons. The van der Waals surface area contributed by atoms with Crippen molar-refractivity contribution in [2.45, 2.75) is 19.2 Å². The molecule has 1 aromatic heterocycles. The minimum Gasteiger partial charge on any atom is -0.367 e. The predicted octanol–water partition coefficient (Wildman–Crippen LogP) is 1.94. The largest absolute Gasteiger partial charge is 0.367 e. The first kappa shape index (κ1) is 16.6. The van der Waals surface area contributed by atoms with Gasteiger partial charge in [0, 0.05) is 38.1 Å². The summed E-state index contributed by atoms with van der Waals surface area (Å²) in [7, 11) is 2.09. The molecule has 5 heteroatoms. The number of amides is 1. The Kier molecular flexibility index (Phi) is 5.56. The van der Waals surface area contributed by atoms with Crippen LogP contribution in [0, 0.1) is 0 Å². The zero-order valence-electron chi connectivity index (χ0n) is 14.0. The van der Waals surface area contributed by atoms with Crippen LogP contribution in [0.3, 0.4) is 0 Å². The van der Waals surface area contributed by atoms with Gasteiger partial charge in [-0.15, -0.1) is 0 Å². The van der Waals surface area contributed by atoms with Crippen LogP contribution in [0.25, 0.3) is 0 Å². The van der Waals surface area contributed by atoms with Crippen LogP contribution in [0.4, 0.5) is 0 Å². The molecule has 2 heterocycles. The molecule has 0 N–H and O–H groups in total. The molecule has 0 saturated carbocycles. The van der Waals surface area contributed by atoms with Gasteiger partial charge >= 0.3 is 0 Å². The lowest BCUT2D eigenvalue weighted by atomic mass is 10.1. The van der Waals surface area contributed by atoms with Crippen LogP contribution in [0.15, 0.2) is 54.9 Å². The molecular weight excluding hydrogens is 302 g/mol. The van der Waals surface area contributed by atoms with Crippen molar-refractivity contribution in [2.24, 2.45) is 0 Å². The third kappa shape index (κ3) is 4.40. The number of hydrogen-bond donors (Lipinski definition) is 0. The maximum atomic E-state index is 12.1. The van der Waals surface area contributed by atoms with Crippen LogP contribution in [0.5, 0.6) is 0 Å². The van der Waals surface area contributed by atoms with E-state index in [2.05, 4.69) is 23.0 Å². The maximum absolute atomic E-state index is 12.1. The van der Waals surface area contributed by atoms with Gasteiger partial charge in [0.1, 0.15) is 6.61 Å². The van der Waals surface area contributed by atoms with Crippen LogP contribution >= 0.6 is 0 Å². The first-order chi connectivity index (χ1) is 11.7. The lowest BCUT2D eigenvalue weighted by Gasteiger charge is -2.44. The maximum Gasteiger partial charge on any atom is 0.248 e. The molecule has 3 rings (SSSR count). The Morgan fingerprint density at radius 3 is 2.67 bits per heavy atom. The van der Waals surface area contributed by atoms with Crippen molar-refractivity contribution in [3.8, 4) is 0 Å². The summed E-state index contributed by atoms with van der Waals surface area (Å²) in [5.41, 5.74) is 2.28. The van der Waals surface area contributed by atoms with Crippen molar-refractivity contribution in [3.63, 3.8) is 0 Å². The fourth-order valence-electron chi connectivity index (χ4n) is 2.77. The quantitative estimate of drug-likeness (QED) is 0.780. The standard InChI is InChI=1S/C19H23N3O2/c1-21(11-17-8-5-9-20-10-17)18-12-22(13-18)19(23)15-24-14-16-6-3-2-4-7-16/h2-10,18H,11-15H2,1H3. The number of carbonyl (C=O) groups is 1. The highest BCUT2D eigenvalue weighted by molar-refractivity contribution is 5.78. The molecule has 1 aliphatic heterocycles. The summed E-state index contributed by atoms with van der Waals surface area (Å²) in [6.45, 7) is 3.01. The lowest BCUT2D eigenvalue weighted by molar-refractivity contribution is -0.143. The van der Waals surface area contributed by atoms with Gasteiger partial charge in [-0.25, -0.2) is 0 Å². The van der Waals surface area contributed by atoms with E-state index in [-0.39, 0.29) is 12.5 Å². The molecule has 0 atom stereocenters. The molecule has 1 saturated heterocycles. The van der Waals surface area contributed by atoms with Crippen LogP contribution < -0.4 is 0 Å². The zero-order valence-corrected chi connectivity index (χ0v) is 14.0. The normalized spacial score (nSPS) is 14.7. The predicted molar refractivity (Wildman–Crippen MR) is 92.2 cm³/mol. The topological polar surface area (TPSA) is 45.7 Å². The number of rotatable bonds is 7. The Morgan fingerprint density at radius 2 is 1.96 bits per heavy atom. The minimum absolute atomic E-state index is 0.0666. The molecule has 0 aliphatic carbocycles.